The van der Waals surface area contributed by atoms with Gasteiger partial charge in [0.15, 0.2) is 0 Å². The molecule has 1 rings (SSSR count). The number of carbonyl (C=O) groups is 3. The maximum atomic E-state index is 13.8. The van der Waals surface area contributed by atoms with Gasteiger partial charge < -0.3 is 29.3 Å². The second-order valence-electron chi connectivity index (χ2n) is 17.1. The van der Waals surface area contributed by atoms with Crippen molar-refractivity contribution in [3.63, 3.8) is 0 Å². The largest absolute Gasteiger partial charge is 0.633 e. The van der Waals surface area contributed by atoms with Crippen LogP contribution >= 0.6 is 11.8 Å². The van der Waals surface area contributed by atoms with E-state index in [0.29, 0.717) is 64.8 Å². The van der Waals surface area contributed by atoms with Crippen molar-refractivity contribution >= 4 is 28.9 Å². The van der Waals surface area contributed by atoms with E-state index in [1.807, 2.05) is 4.90 Å². The highest BCUT2D eigenvalue weighted by Gasteiger charge is 2.30. The summed E-state index contributed by atoms with van der Waals surface area (Å²) in [6.07, 6.45) is 30.8. The number of likely N-dealkylation sites (tertiary alicyclic amines) is 1. The van der Waals surface area contributed by atoms with Gasteiger partial charge in [-0.1, -0.05) is 142 Å². The Balaban J connectivity index is 2.81. The number of esters is 2. The zero-order valence-electron chi connectivity index (χ0n) is 37.6. The Kier molecular flexibility index (Phi) is 34.3. The number of aliphatic hydroxyl groups is 1. The Bertz CT molecular complexity index is 897. The van der Waals surface area contributed by atoms with Gasteiger partial charge in [0.2, 0.25) is 0 Å². The molecule has 0 spiro atoms. The number of rotatable bonds is 38. The zero-order valence-corrected chi connectivity index (χ0v) is 38.4. The smallest absolute Gasteiger partial charge is 0.306 e. The van der Waals surface area contributed by atoms with E-state index < -0.39 is 0 Å². The standard InChI is InChI=1S/C47H90N2O7S/c1-5-9-13-17-21-28-42(29-22-18-14-10-6-2)55-45(51)32-25-36-48(47(53)57-44-34-39-49(54,40-35-44)38-27-41-50)37-26-33-46(52)56-43(30-23-19-15-11-7-3)31-24-20-16-12-8-4/h42-44,50H,5-41H2,1-4H3. The Hall–Kier alpha value is -1.36. The summed E-state index contributed by atoms with van der Waals surface area (Å²) in [6.45, 7) is 11.1. The van der Waals surface area contributed by atoms with E-state index in [4.69, 9.17) is 9.47 Å². The predicted molar refractivity (Wildman–Crippen MR) is 239 cm³/mol. The van der Waals surface area contributed by atoms with Crippen molar-refractivity contribution in [2.75, 3.05) is 39.3 Å². The number of piperidine rings is 1. The molecular formula is C47H90N2O7S. The molecule has 0 radical (unpaired) electrons. The molecule has 0 unspecified atom stereocenters. The van der Waals surface area contributed by atoms with E-state index >= 15 is 0 Å². The van der Waals surface area contributed by atoms with Gasteiger partial charge in [-0.15, -0.1) is 0 Å². The quantitative estimate of drug-likeness (QED) is 0.0283. The van der Waals surface area contributed by atoms with E-state index in [-0.39, 0.29) is 58.7 Å². The lowest BCUT2D eigenvalue weighted by Gasteiger charge is -2.47. The fourth-order valence-electron chi connectivity index (χ4n) is 7.97. The van der Waals surface area contributed by atoms with Crippen LogP contribution in [0.5, 0.6) is 0 Å². The third-order valence-corrected chi connectivity index (χ3v) is 13.0. The third-order valence-electron chi connectivity index (χ3n) is 11.7. The molecular weight excluding hydrogens is 737 g/mol. The molecule has 0 saturated carbocycles. The summed E-state index contributed by atoms with van der Waals surface area (Å²) in [5.74, 6) is -0.359. The number of hydrogen-bond acceptors (Lipinski definition) is 8. The van der Waals surface area contributed by atoms with Gasteiger partial charge in [0.05, 0.1) is 19.6 Å². The van der Waals surface area contributed by atoms with Crippen LogP contribution in [0.25, 0.3) is 0 Å². The Labute approximate surface area is 355 Å². The molecule has 1 aliphatic rings. The predicted octanol–water partition coefficient (Wildman–Crippen LogP) is 12.8. The topological polar surface area (TPSA) is 116 Å². The monoisotopic (exact) mass is 827 g/mol. The molecule has 1 saturated heterocycles. The molecule has 57 heavy (non-hydrogen) atoms. The molecule has 0 aromatic heterocycles. The molecule has 9 nitrogen and oxygen atoms in total. The lowest BCUT2D eigenvalue weighted by molar-refractivity contribution is -0.885. The van der Waals surface area contributed by atoms with Gasteiger partial charge >= 0.3 is 11.9 Å². The molecule has 0 aliphatic carbocycles. The fraction of sp³-hybridized carbons (Fsp3) is 0.936. The van der Waals surface area contributed by atoms with Gasteiger partial charge in [0, 0.05) is 57.1 Å². The summed E-state index contributed by atoms with van der Waals surface area (Å²) in [4.78, 5) is 41.9. The lowest BCUT2D eigenvalue weighted by atomic mass is 10.0. The van der Waals surface area contributed by atoms with Crippen molar-refractivity contribution in [1.82, 2.24) is 4.90 Å². The molecule has 0 aromatic carbocycles. The van der Waals surface area contributed by atoms with Crippen LogP contribution in [0.2, 0.25) is 0 Å². The molecule has 1 amide bonds. The number of hydrogen-bond donors (Lipinski definition) is 1. The summed E-state index contributed by atoms with van der Waals surface area (Å²) in [7, 11) is 0. The SMILES string of the molecule is CCCCCCCC(CCCCCCC)OC(=O)CCCN(CCCC(=O)OC(CCCCCCC)CCCCCCC)C(=O)SC1CC[N+]([O-])(CCCO)CC1. The summed E-state index contributed by atoms with van der Waals surface area (Å²) >= 11 is 1.31. The number of ether oxygens (including phenoxy) is 2. The van der Waals surface area contributed by atoms with Crippen LogP contribution in [0.4, 0.5) is 4.79 Å². The maximum absolute atomic E-state index is 13.8. The fourth-order valence-corrected chi connectivity index (χ4v) is 9.03. The molecule has 1 aliphatic heterocycles. The third kappa shape index (κ3) is 29.5. The molecule has 0 aromatic rings. The number of amides is 1. The summed E-state index contributed by atoms with van der Waals surface area (Å²) in [6, 6.07) is 0. The minimum Gasteiger partial charge on any atom is -0.633 e. The van der Waals surface area contributed by atoms with Crippen LogP contribution in [0.3, 0.4) is 0 Å². The van der Waals surface area contributed by atoms with Gasteiger partial charge in [-0.05, 0) is 64.2 Å². The molecule has 1 heterocycles. The van der Waals surface area contributed by atoms with E-state index in [9.17, 15) is 24.7 Å². The highest BCUT2D eigenvalue weighted by Crippen LogP contribution is 2.30. The van der Waals surface area contributed by atoms with Gasteiger partial charge in [0.25, 0.3) is 5.24 Å². The van der Waals surface area contributed by atoms with Crippen LogP contribution in [0, 0.1) is 5.21 Å². The van der Waals surface area contributed by atoms with Gasteiger partial charge in [-0.2, -0.15) is 0 Å². The minimum atomic E-state index is -0.295. The summed E-state index contributed by atoms with van der Waals surface area (Å²) in [5, 5.41) is 22.3. The van der Waals surface area contributed by atoms with Crippen molar-refractivity contribution in [2.45, 2.75) is 244 Å². The number of hydroxylamine groups is 3. The minimum absolute atomic E-state index is 0.0203. The number of nitrogens with zero attached hydrogens (tertiary/aromatic N) is 2. The van der Waals surface area contributed by atoms with E-state index in [0.717, 1.165) is 51.4 Å². The average molecular weight is 827 g/mol. The number of quaternary nitrogens is 1. The molecule has 0 atom stereocenters. The molecule has 0 bridgehead atoms. The Morgan fingerprint density at radius 2 is 0.965 bits per heavy atom. The van der Waals surface area contributed by atoms with Crippen molar-refractivity contribution < 1.29 is 33.6 Å². The number of thioether (sulfide) groups is 1. The number of unbranched alkanes of at least 4 members (excludes halogenated alkanes) is 16. The van der Waals surface area contributed by atoms with Gasteiger partial charge in [-0.25, -0.2) is 0 Å². The normalized spacial score (nSPS) is 17.0. The molecule has 336 valence electrons. The van der Waals surface area contributed by atoms with Gasteiger partial charge in [0.1, 0.15) is 12.2 Å². The zero-order chi connectivity index (χ0) is 41.8. The average Bonchev–Trinajstić information content (AvgIpc) is 3.19. The van der Waals surface area contributed by atoms with E-state index in [1.54, 1.807) is 0 Å². The number of carbonyl (C=O) groups excluding carboxylic acids is 3. The van der Waals surface area contributed by atoms with Crippen LogP contribution in [0.15, 0.2) is 0 Å². The Morgan fingerprint density at radius 3 is 1.32 bits per heavy atom. The first-order valence-corrected chi connectivity index (χ1v) is 25.1. The first-order valence-electron chi connectivity index (χ1n) is 24.2. The molecule has 1 N–H and O–H groups in total. The summed E-state index contributed by atoms with van der Waals surface area (Å²) in [5.41, 5.74) is 0. The highest BCUT2D eigenvalue weighted by atomic mass is 32.2. The second kappa shape index (κ2) is 36.5. The van der Waals surface area contributed by atoms with Crippen molar-refractivity contribution in [1.29, 1.82) is 0 Å². The summed E-state index contributed by atoms with van der Waals surface area (Å²) < 4.78 is 11.8. The van der Waals surface area contributed by atoms with Crippen molar-refractivity contribution in [2.24, 2.45) is 0 Å². The van der Waals surface area contributed by atoms with Crippen molar-refractivity contribution in [3.05, 3.63) is 5.21 Å². The second-order valence-corrected chi connectivity index (χ2v) is 18.4. The van der Waals surface area contributed by atoms with Crippen LogP contribution in [0.1, 0.15) is 227 Å². The lowest BCUT2D eigenvalue weighted by Crippen LogP contribution is -2.50. The van der Waals surface area contributed by atoms with E-state index in [2.05, 4.69) is 27.7 Å². The number of aliphatic hydroxyl groups excluding tert-OH is 1. The van der Waals surface area contributed by atoms with Crippen LogP contribution < -0.4 is 0 Å². The Morgan fingerprint density at radius 1 is 0.596 bits per heavy atom. The maximum Gasteiger partial charge on any atom is 0.306 e. The molecule has 1 fully saturated rings. The van der Waals surface area contributed by atoms with Crippen LogP contribution in [-0.4, -0.2) is 88.6 Å². The first-order chi connectivity index (χ1) is 27.7. The van der Waals surface area contributed by atoms with Crippen LogP contribution in [-0.2, 0) is 19.1 Å². The van der Waals surface area contributed by atoms with Crippen molar-refractivity contribution in [3.8, 4) is 0 Å². The van der Waals surface area contributed by atoms with Gasteiger partial charge in [-0.3, -0.25) is 14.4 Å². The highest BCUT2D eigenvalue weighted by molar-refractivity contribution is 8.14. The van der Waals surface area contributed by atoms with E-state index in [1.165, 1.54) is 114 Å². The molecule has 10 heteroatoms. The first kappa shape index (κ1) is 53.7.